The molecule has 4 rings (SSSR count). The minimum absolute atomic E-state index is 0.142. The van der Waals surface area contributed by atoms with Gasteiger partial charge >= 0.3 is 5.97 Å². The smallest absolute Gasteiger partial charge is 0.309 e. The fraction of sp³-hybridized carbons (Fsp3) is 0.227. The summed E-state index contributed by atoms with van der Waals surface area (Å²) in [6, 6.07) is 12.1. The summed E-state index contributed by atoms with van der Waals surface area (Å²) in [5.41, 5.74) is 0.361. The lowest BCUT2D eigenvalue weighted by molar-refractivity contribution is -0.132. The lowest BCUT2D eigenvalue weighted by Gasteiger charge is -2.19. The first kappa shape index (κ1) is 24.1. The number of thiazole rings is 1. The number of ether oxygens (including phenoxy) is 2. The highest BCUT2D eigenvalue weighted by atomic mass is 35.5. The molecule has 1 fully saturated rings. The number of hydrogen-bond donors (Lipinski definition) is 1. The molecule has 0 radical (unpaired) electrons. The SMILES string of the molecule is CC(=O)Oc1nc(NC(=O)C(Oc2ccc(Cl)cc2)c2ccc(S(=O)(=O)C3CC3)cc2)sc1F. The van der Waals surface area contributed by atoms with E-state index in [2.05, 4.69) is 15.0 Å². The Balaban J connectivity index is 1.60. The number of sulfone groups is 1. The second kappa shape index (κ2) is 9.69. The molecule has 0 bridgehead atoms. The maximum Gasteiger partial charge on any atom is 0.309 e. The van der Waals surface area contributed by atoms with Crippen LogP contribution in [0.1, 0.15) is 31.4 Å². The van der Waals surface area contributed by atoms with E-state index in [4.69, 9.17) is 16.3 Å². The first-order valence-electron chi connectivity index (χ1n) is 10.0. The van der Waals surface area contributed by atoms with Crippen molar-refractivity contribution in [2.75, 3.05) is 5.32 Å². The highest BCUT2D eigenvalue weighted by molar-refractivity contribution is 7.92. The molecule has 1 heterocycles. The highest BCUT2D eigenvalue weighted by Crippen LogP contribution is 2.34. The van der Waals surface area contributed by atoms with Crippen LogP contribution in [0.15, 0.2) is 53.4 Å². The van der Waals surface area contributed by atoms with Gasteiger partial charge in [-0.3, -0.25) is 14.9 Å². The van der Waals surface area contributed by atoms with E-state index >= 15 is 0 Å². The topological polar surface area (TPSA) is 112 Å². The van der Waals surface area contributed by atoms with Gasteiger partial charge < -0.3 is 9.47 Å². The zero-order valence-corrected chi connectivity index (χ0v) is 20.0. The molecule has 1 aliphatic rings. The van der Waals surface area contributed by atoms with E-state index in [1.807, 2.05) is 0 Å². The Hall–Kier alpha value is -3.02. The van der Waals surface area contributed by atoms with Crippen LogP contribution in [0.4, 0.5) is 9.52 Å². The molecule has 178 valence electrons. The number of rotatable bonds is 8. The number of nitrogens with zero attached hydrogens (tertiary/aromatic N) is 1. The Kier molecular flexibility index (Phi) is 6.87. The Morgan fingerprint density at radius 3 is 2.38 bits per heavy atom. The Morgan fingerprint density at radius 2 is 1.79 bits per heavy atom. The van der Waals surface area contributed by atoms with Gasteiger partial charge in [0, 0.05) is 17.5 Å². The van der Waals surface area contributed by atoms with Gasteiger partial charge in [-0.05, 0) is 49.2 Å². The molecular weight excluding hydrogens is 507 g/mol. The number of halogens is 2. The van der Waals surface area contributed by atoms with Gasteiger partial charge in [0.1, 0.15) is 5.75 Å². The third kappa shape index (κ3) is 5.54. The van der Waals surface area contributed by atoms with Crippen molar-refractivity contribution < 1.29 is 31.9 Å². The van der Waals surface area contributed by atoms with E-state index in [-0.39, 0.29) is 15.3 Å². The molecule has 0 saturated heterocycles. The number of carbonyl (C=O) groups excluding carboxylic acids is 2. The first-order chi connectivity index (χ1) is 16.1. The molecule has 1 amide bonds. The average Bonchev–Trinajstić information content (AvgIpc) is 3.59. The van der Waals surface area contributed by atoms with Crippen molar-refractivity contribution in [3.05, 3.63) is 64.2 Å². The second-order valence-corrected chi connectivity index (χ2v) is 11.1. The van der Waals surface area contributed by atoms with Gasteiger partial charge in [0.25, 0.3) is 11.8 Å². The predicted octanol–water partition coefficient (Wildman–Crippen LogP) is 4.56. The summed E-state index contributed by atoms with van der Waals surface area (Å²) in [6.45, 7) is 1.10. The first-order valence-corrected chi connectivity index (χ1v) is 12.8. The summed E-state index contributed by atoms with van der Waals surface area (Å²) < 4.78 is 49.5. The molecule has 1 unspecified atom stereocenters. The number of anilines is 1. The minimum Gasteiger partial charge on any atom is -0.476 e. The molecule has 1 atom stereocenters. The van der Waals surface area contributed by atoms with Crippen LogP contribution in [-0.4, -0.2) is 30.5 Å². The number of hydrogen-bond acceptors (Lipinski definition) is 8. The standard InChI is InChI=1S/C22H18ClFN2O6S2/c1-12(27)31-21-19(24)33-22(26-21)25-20(28)18(32-15-6-4-14(23)5-7-15)13-2-8-16(9-3-13)34(29,30)17-10-11-17/h2-9,17-18H,10-11H2,1H3,(H,25,26,28). The largest absolute Gasteiger partial charge is 0.476 e. The average molecular weight is 525 g/mol. The van der Waals surface area contributed by atoms with Gasteiger partial charge in [0.2, 0.25) is 11.2 Å². The summed E-state index contributed by atoms with van der Waals surface area (Å²) >= 11 is 6.39. The second-order valence-electron chi connectivity index (χ2n) is 7.45. The highest BCUT2D eigenvalue weighted by Gasteiger charge is 2.37. The third-order valence-electron chi connectivity index (χ3n) is 4.81. The van der Waals surface area contributed by atoms with E-state index in [9.17, 15) is 22.4 Å². The van der Waals surface area contributed by atoms with Crippen molar-refractivity contribution in [1.82, 2.24) is 4.98 Å². The number of benzene rings is 2. The number of esters is 1. The molecule has 1 aromatic heterocycles. The Bertz CT molecular complexity index is 1320. The quantitative estimate of drug-likeness (QED) is 0.430. The van der Waals surface area contributed by atoms with Crippen molar-refractivity contribution in [1.29, 1.82) is 0 Å². The summed E-state index contributed by atoms with van der Waals surface area (Å²) in [7, 11) is -3.40. The van der Waals surface area contributed by atoms with E-state index in [0.717, 1.165) is 6.92 Å². The maximum absolute atomic E-state index is 14.0. The summed E-state index contributed by atoms with van der Waals surface area (Å²) in [5, 5.41) is 1.53. The summed E-state index contributed by atoms with van der Waals surface area (Å²) in [6.07, 6.45) is 0.0335. The summed E-state index contributed by atoms with van der Waals surface area (Å²) in [4.78, 5) is 28.1. The zero-order valence-electron chi connectivity index (χ0n) is 17.7. The molecule has 0 spiro atoms. The number of amides is 1. The lowest BCUT2D eigenvalue weighted by Crippen LogP contribution is -2.25. The molecule has 3 aromatic rings. The Morgan fingerprint density at radius 1 is 1.15 bits per heavy atom. The monoisotopic (exact) mass is 524 g/mol. The molecule has 8 nitrogen and oxygen atoms in total. The number of aromatic nitrogens is 1. The van der Waals surface area contributed by atoms with Crippen LogP contribution in [0.2, 0.25) is 5.02 Å². The maximum atomic E-state index is 14.0. The van der Waals surface area contributed by atoms with Crippen molar-refractivity contribution in [2.24, 2.45) is 0 Å². The van der Waals surface area contributed by atoms with Gasteiger partial charge in [0.05, 0.1) is 10.1 Å². The molecule has 2 aromatic carbocycles. The van der Waals surface area contributed by atoms with Crippen LogP contribution in [0.3, 0.4) is 0 Å². The number of nitrogens with one attached hydrogen (secondary N) is 1. The minimum atomic E-state index is -3.40. The van der Waals surface area contributed by atoms with E-state index in [1.165, 1.54) is 24.3 Å². The van der Waals surface area contributed by atoms with Crippen LogP contribution in [-0.2, 0) is 19.4 Å². The van der Waals surface area contributed by atoms with Crippen LogP contribution >= 0.6 is 22.9 Å². The van der Waals surface area contributed by atoms with E-state index in [1.54, 1.807) is 24.3 Å². The van der Waals surface area contributed by atoms with Crippen LogP contribution in [0.5, 0.6) is 11.6 Å². The van der Waals surface area contributed by atoms with Crippen LogP contribution in [0.25, 0.3) is 0 Å². The van der Waals surface area contributed by atoms with Crippen molar-refractivity contribution >= 4 is 49.8 Å². The predicted molar refractivity (Wildman–Crippen MR) is 123 cm³/mol. The van der Waals surface area contributed by atoms with Gasteiger partial charge in [-0.2, -0.15) is 9.37 Å². The zero-order chi connectivity index (χ0) is 24.5. The Labute approximate surface area is 203 Å². The van der Waals surface area contributed by atoms with E-state index in [0.29, 0.717) is 40.5 Å². The number of carbonyl (C=O) groups is 2. The van der Waals surface area contributed by atoms with Crippen LogP contribution < -0.4 is 14.8 Å². The van der Waals surface area contributed by atoms with Crippen molar-refractivity contribution in [3.8, 4) is 11.6 Å². The normalized spacial score (nSPS) is 14.3. The third-order valence-corrected chi connectivity index (χ3v) is 8.08. The fourth-order valence-corrected chi connectivity index (χ4v) is 5.44. The van der Waals surface area contributed by atoms with E-state index < -0.39 is 38.8 Å². The van der Waals surface area contributed by atoms with Crippen molar-refractivity contribution in [2.45, 2.75) is 36.0 Å². The lowest BCUT2D eigenvalue weighted by atomic mass is 10.1. The van der Waals surface area contributed by atoms with Gasteiger partial charge in [0.15, 0.2) is 15.0 Å². The van der Waals surface area contributed by atoms with Gasteiger partial charge in [-0.15, -0.1) is 0 Å². The molecular formula is C22H18ClFN2O6S2. The van der Waals surface area contributed by atoms with Gasteiger partial charge in [-0.25, -0.2) is 8.42 Å². The molecule has 34 heavy (non-hydrogen) atoms. The molecule has 1 N–H and O–H groups in total. The molecule has 1 aliphatic carbocycles. The molecule has 1 saturated carbocycles. The van der Waals surface area contributed by atoms with Crippen molar-refractivity contribution in [3.63, 3.8) is 0 Å². The molecule has 0 aliphatic heterocycles. The summed E-state index contributed by atoms with van der Waals surface area (Å²) in [5.74, 6) is -1.68. The van der Waals surface area contributed by atoms with Gasteiger partial charge in [-0.1, -0.05) is 35.1 Å². The fourth-order valence-electron chi connectivity index (χ4n) is 3.04. The molecule has 12 heteroatoms. The van der Waals surface area contributed by atoms with Crippen LogP contribution in [0, 0.1) is 5.13 Å².